The van der Waals surface area contributed by atoms with Gasteiger partial charge < -0.3 is 15.0 Å². The molecule has 0 aliphatic carbocycles. The SMILES string of the molecule is OC(CN1CCC(c2nc3ccccc3[nH]2)CC1)c1ccc(F)cc1. The van der Waals surface area contributed by atoms with Crippen LogP contribution in [0.15, 0.2) is 48.5 Å². The van der Waals surface area contributed by atoms with Gasteiger partial charge in [0.15, 0.2) is 0 Å². The summed E-state index contributed by atoms with van der Waals surface area (Å²) < 4.78 is 13.0. The number of imidazole rings is 1. The van der Waals surface area contributed by atoms with Gasteiger partial charge in [0.05, 0.1) is 17.1 Å². The average molecular weight is 339 g/mol. The van der Waals surface area contributed by atoms with Crippen molar-refractivity contribution in [3.05, 3.63) is 65.7 Å². The van der Waals surface area contributed by atoms with E-state index >= 15 is 0 Å². The first-order valence-electron chi connectivity index (χ1n) is 8.79. The molecule has 2 N–H and O–H groups in total. The van der Waals surface area contributed by atoms with Gasteiger partial charge in [0, 0.05) is 12.5 Å². The van der Waals surface area contributed by atoms with Crippen LogP contribution in [0.2, 0.25) is 0 Å². The first-order chi connectivity index (χ1) is 12.2. The van der Waals surface area contributed by atoms with Gasteiger partial charge >= 0.3 is 0 Å². The van der Waals surface area contributed by atoms with Crippen LogP contribution in [0, 0.1) is 5.82 Å². The summed E-state index contributed by atoms with van der Waals surface area (Å²) in [4.78, 5) is 10.4. The van der Waals surface area contributed by atoms with Crippen molar-refractivity contribution in [3.8, 4) is 0 Å². The first kappa shape index (κ1) is 16.2. The molecule has 5 heteroatoms. The minimum absolute atomic E-state index is 0.275. The molecule has 1 aromatic heterocycles. The first-order valence-corrected chi connectivity index (χ1v) is 8.79. The zero-order chi connectivity index (χ0) is 17.2. The number of β-amino-alcohol motifs (C(OH)–C–C–N with tert-alkyl or cyclic N) is 1. The lowest BCUT2D eigenvalue weighted by atomic mass is 9.95. The summed E-state index contributed by atoms with van der Waals surface area (Å²) in [6.07, 6.45) is 1.47. The highest BCUT2D eigenvalue weighted by molar-refractivity contribution is 5.74. The molecule has 1 aliphatic rings. The molecule has 2 aromatic carbocycles. The molecule has 0 saturated carbocycles. The molecule has 25 heavy (non-hydrogen) atoms. The van der Waals surface area contributed by atoms with Crippen LogP contribution in [0.25, 0.3) is 11.0 Å². The smallest absolute Gasteiger partial charge is 0.123 e. The van der Waals surface area contributed by atoms with Crippen LogP contribution in [-0.4, -0.2) is 39.6 Å². The molecule has 3 aromatic rings. The van der Waals surface area contributed by atoms with E-state index in [2.05, 4.69) is 16.0 Å². The molecular weight excluding hydrogens is 317 g/mol. The highest BCUT2D eigenvalue weighted by atomic mass is 19.1. The van der Waals surface area contributed by atoms with Crippen molar-refractivity contribution in [1.29, 1.82) is 0 Å². The monoisotopic (exact) mass is 339 g/mol. The van der Waals surface area contributed by atoms with Gasteiger partial charge in [-0.1, -0.05) is 24.3 Å². The Morgan fingerprint density at radius 3 is 2.56 bits per heavy atom. The number of H-pyrrole nitrogens is 1. The summed E-state index contributed by atoms with van der Waals surface area (Å²) in [5.74, 6) is 1.23. The molecule has 1 atom stereocenters. The lowest BCUT2D eigenvalue weighted by molar-refractivity contribution is 0.0966. The molecule has 2 heterocycles. The largest absolute Gasteiger partial charge is 0.387 e. The van der Waals surface area contributed by atoms with Gasteiger partial charge in [0.1, 0.15) is 11.6 Å². The van der Waals surface area contributed by atoms with E-state index < -0.39 is 6.10 Å². The third-order valence-corrected chi connectivity index (χ3v) is 5.07. The van der Waals surface area contributed by atoms with Crippen LogP contribution in [0.1, 0.15) is 36.3 Å². The maximum atomic E-state index is 13.0. The second-order valence-electron chi connectivity index (χ2n) is 6.78. The molecule has 0 radical (unpaired) electrons. The van der Waals surface area contributed by atoms with E-state index in [1.54, 1.807) is 12.1 Å². The fourth-order valence-electron chi connectivity index (χ4n) is 3.59. The second-order valence-corrected chi connectivity index (χ2v) is 6.78. The molecule has 1 fully saturated rings. The number of halogens is 1. The number of hydrogen-bond donors (Lipinski definition) is 2. The normalized spacial score (nSPS) is 17.8. The van der Waals surface area contributed by atoms with Gasteiger partial charge in [0.25, 0.3) is 0 Å². The molecule has 4 rings (SSSR count). The van der Waals surface area contributed by atoms with Crippen molar-refractivity contribution in [3.63, 3.8) is 0 Å². The number of likely N-dealkylation sites (tertiary alicyclic amines) is 1. The van der Waals surface area contributed by atoms with Crippen LogP contribution in [0.3, 0.4) is 0 Å². The predicted molar refractivity (Wildman–Crippen MR) is 95.9 cm³/mol. The summed E-state index contributed by atoms with van der Waals surface area (Å²) in [7, 11) is 0. The Hall–Kier alpha value is -2.24. The summed E-state index contributed by atoms with van der Waals surface area (Å²) in [5.41, 5.74) is 2.87. The Balaban J connectivity index is 1.35. The van der Waals surface area contributed by atoms with Gasteiger partial charge in [-0.2, -0.15) is 0 Å². The summed E-state index contributed by atoms with van der Waals surface area (Å²) >= 11 is 0. The van der Waals surface area contributed by atoms with E-state index in [0.717, 1.165) is 48.4 Å². The quantitative estimate of drug-likeness (QED) is 0.763. The Morgan fingerprint density at radius 1 is 1.12 bits per heavy atom. The fourth-order valence-corrected chi connectivity index (χ4v) is 3.59. The number of aliphatic hydroxyl groups excluding tert-OH is 1. The molecule has 1 aliphatic heterocycles. The zero-order valence-corrected chi connectivity index (χ0v) is 14.0. The van der Waals surface area contributed by atoms with E-state index in [9.17, 15) is 9.50 Å². The molecule has 0 amide bonds. The number of benzene rings is 2. The molecule has 4 nitrogen and oxygen atoms in total. The van der Waals surface area contributed by atoms with Gasteiger partial charge in [-0.25, -0.2) is 9.37 Å². The number of aromatic nitrogens is 2. The van der Waals surface area contributed by atoms with Gasteiger partial charge in [-0.3, -0.25) is 0 Å². The standard InChI is InChI=1S/C20H22FN3O/c21-16-7-5-14(6-8-16)19(25)13-24-11-9-15(10-12-24)20-22-17-3-1-2-4-18(17)23-20/h1-8,15,19,25H,9-13H2,(H,22,23). The Morgan fingerprint density at radius 2 is 1.84 bits per heavy atom. The minimum Gasteiger partial charge on any atom is -0.387 e. The van der Waals surface area contributed by atoms with Crippen LogP contribution >= 0.6 is 0 Å². The highest BCUT2D eigenvalue weighted by Crippen LogP contribution is 2.28. The molecule has 130 valence electrons. The van der Waals surface area contributed by atoms with E-state index in [1.165, 1.54) is 12.1 Å². The number of aliphatic hydroxyl groups is 1. The maximum absolute atomic E-state index is 13.0. The summed E-state index contributed by atoms with van der Waals surface area (Å²) in [6.45, 7) is 2.44. The second kappa shape index (κ2) is 6.94. The van der Waals surface area contributed by atoms with Gasteiger partial charge in [-0.05, 0) is 55.8 Å². The number of aromatic amines is 1. The predicted octanol–water partition coefficient (Wildman–Crippen LogP) is 3.62. The van der Waals surface area contributed by atoms with Crippen molar-refractivity contribution in [2.45, 2.75) is 24.9 Å². The van der Waals surface area contributed by atoms with Crippen molar-refractivity contribution < 1.29 is 9.50 Å². The number of piperidine rings is 1. The highest BCUT2D eigenvalue weighted by Gasteiger charge is 2.24. The number of nitrogens with zero attached hydrogens (tertiary/aromatic N) is 2. The number of hydrogen-bond acceptors (Lipinski definition) is 3. The Bertz CT molecular complexity index is 805. The molecular formula is C20H22FN3O. The molecule has 0 spiro atoms. The van der Waals surface area contributed by atoms with Crippen molar-refractivity contribution in [2.75, 3.05) is 19.6 Å². The number of fused-ring (bicyclic) bond motifs is 1. The lowest BCUT2D eigenvalue weighted by Crippen LogP contribution is -2.36. The lowest BCUT2D eigenvalue weighted by Gasteiger charge is -2.32. The zero-order valence-electron chi connectivity index (χ0n) is 14.0. The number of rotatable bonds is 4. The van der Waals surface area contributed by atoms with Crippen LogP contribution in [-0.2, 0) is 0 Å². The average Bonchev–Trinajstić information content (AvgIpc) is 3.07. The minimum atomic E-state index is -0.580. The van der Waals surface area contributed by atoms with Crippen LogP contribution in [0.5, 0.6) is 0 Å². The van der Waals surface area contributed by atoms with Crippen LogP contribution in [0.4, 0.5) is 4.39 Å². The fraction of sp³-hybridized carbons (Fsp3) is 0.350. The Labute approximate surface area is 146 Å². The molecule has 0 bridgehead atoms. The molecule has 1 unspecified atom stereocenters. The molecule has 1 saturated heterocycles. The van der Waals surface area contributed by atoms with Crippen LogP contribution < -0.4 is 0 Å². The maximum Gasteiger partial charge on any atom is 0.123 e. The van der Waals surface area contributed by atoms with E-state index in [0.29, 0.717) is 12.5 Å². The topological polar surface area (TPSA) is 52.1 Å². The number of para-hydroxylation sites is 2. The van der Waals surface area contributed by atoms with Gasteiger partial charge in [0.2, 0.25) is 0 Å². The Kier molecular flexibility index (Phi) is 4.51. The summed E-state index contributed by atoms with van der Waals surface area (Å²) in [5, 5.41) is 10.4. The van der Waals surface area contributed by atoms with E-state index in [-0.39, 0.29) is 5.82 Å². The third kappa shape index (κ3) is 3.57. The van der Waals surface area contributed by atoms with Crippen molar-refractivity contribution in [1.82, 2.24) is 14.9 Å². The van der Waals surface area contributed by atoms with Crippen molar-refractivity contribution in [2.24, 2.45) is 0 Å². The number of nitrogens with one attached hydrogen (secondary N) is 1. The summed E-state index contributed by atoms with van der Waals surface area (Å²) in [6, 6.07) is 14.2. The van der Waals surface area contributed by atoms with Gasteiger partial charge in [-0.15, -0.1) is 0 Å². The van der Waals surface area contributed by atoms with E-state index in [1.807, 2.05) is 18.2 Å². The van der Waals surface area contributed by atoms with Crippen molar-refractivity contribution >= 4 is 11.0 Å². The third-order valence-electron chi connectivity index (χ3n) is 5.07. The van der Waals surface area contributed by atoms with E-state index in [4.69, 9.17) is 4.98 Å².